The molecule has 0 spiro atoms. The molecule has 0 heterocycles. The van der Waals surface area contributed by atoms with E-state index >= 15 is 0 Å². The van der Waals surface area contributed by atoms with Crippen molar-refractivity contribution in [3.8, 4) is 0 Å². The Morgan fingerprint density at radius 2 is 1.73 bits per heavy atom. The molecule has 1 atom stereocenters. The van der Waals surface area contributed by atoms with E-state index in [4.69, 9.17) is 0 Å². The lowest BCUT2D eigenvalue weighted by Crippen LogP contribution is -2.38. The van der Waals surface area contributed by atoms with E-state index in [-0.39, 0.29) is 11.4 Å². The standard InChI is InChI=1S/C16H18FNO3S/c1-12-5-3-4-6-15(12)22(20,21)18-11-16(2,19)13-7-9-14(17)10-8-13/h3-10,18-19H,11H2,1-2H3. The summed E-state index contributed by atoms with van der Waals surface area (Å²) in [5, 5.41) is 10.4. The van der Waals surface area contributed by atoms with Gasteiger partial charge in [0, 0.05) is 6.54 Å². The van der Waals surface area contributed by atoms with Crippen LogP contribution in [0.1, 0.15) is 18.1 Å². The summed E-state index contributed by atoms with van der Waals surface area (Å²) < 4.78 is 39.9. The van der Waals surface area contributed by atoms with Gasteiger partial charge in [-0.05, 0) is 43.2 Å². The minimum Gasteiger partial charge on any atom is -0.384 e. The predicted molar refractivity (Wildman–Crippen MR) is 82.3 cm³/mol. The van der Waals surface area contributed by atoms with Crippen LogP contribution in [0.4, 0.5) is 4.39 Å². The van der Waals surface area contributed by atoms with Crippen LogP contribution in [-0.4, -0.2) is 20.1 Å². The molecule has 0 aromatic heterocycles. The molecule has 0 amide bonds. The molecule has 0 bridgehead atoms. The smallest absolute Gasteiger partial charge is 0.240 e. The number of sulfonamides is 1. The van der Waals surface area contributed by atoms with Crippen LogP contribution in [0.5, 0.6) is 0 Å². The van der Waals surface area contributed by atoms with Crippen molar-refractivity contribution in [2.75, 3.05) is 6.54 Å². The van der Waals surface area contributed by atoms with Crippen molar-refractivity contribution in [2.24, 2.45) is 0 Å². The van der Waals surface area contributed by atoms with Crippen molar-refractivity contribution in [2.45, 2.75) is 24.3 Å². The van der Waals surface area contributed by atoms with Crippen molar-refractivity contribution in [3.63, 3.8) is 0 Å². The summed E-state index contributed by atoms with van der Waals surface area (Å²) in [6.45, 7) is 2.96. The third-order valence-electron chi connectivity index (χ3n) is 3.46. The van der Waals surface area contributed by atoms with Gasteiger partial charge in [0.25, 0.3) is 0 Å². The van der Waals surface area contributed by atoms with Crippen molar-refractivity contribution >= 4 is 10.0 Å². The first-order chi connectivity index (χ1) is 10.2. The summed E-state index contributed by atoms with van der Waals surface area (Å²) in [5.41, 5.74) is -0.387. The molecule has 0 aliphatic carbocycles. The zero-order chi connectivity index (χ0) is 16.4. The average Bonchev–Trinajstić information content (AvgIpc) is 2.46. The third-order valence-corrected chi connectivity index (χ3v) is 5.02. The number of rotatable bonds is 5. The van der Waals surface area contributed by atoms with Crippen LogP contribution in [0.3, 0.4) is 0 Å². The van der Waals surface area contributed by atoms with Gasteiger partial charge in [-0.3, -0.25) is 0 Å². The quantitative estimate of drug-likeness (QED) is 0.887. The van der Waals surface area contributed by atoms with E-state index in [9.17, 15) is 17.9 Å². The van der Waals surface area contributed by atoms with Crippen LogP contribution in [0, 0.1) is 12.7 Å². The molecule has 2 rings (SSSR count). The number of nitrogens with one attached hydrogen (secondary N) is 1. The van der Waals surface area contributed by atoms with Crippen LogP contribution in [0.2, 0.25) is 0 Å². The van der Waals surface area contributed by atoms with Crippen molar-refractivity contribution in [3.05, 3.63) is 65.5 Å². The first-order valence-corrected chi connectivity index (χ1v) is 8.24. The molecule has 0 fully saturated rings. The molecule has 2 aromatic carbocycles. The lowest BCUT2D eigenvalue weighted by atomic mass is 9.96. The molecule has 118 valence electrons. The van der Waals surface area contributed by atoms with Gasteiger partial charge in [-0.15, -0.1) is 0 Å². The number of aliphatic hydroxyl groups is 1. The van der Waals surface area contributed by atoms with E-state index < -0.39 is 21.4 Å². The van der Waals surface area contributed by atoms with E-state index in [1.165, 1.54) is 37.3 Å². The average molecular weight is 323 g/mol. The summed E-state index contributed by atoms with van der Waals surface area (Å²) in [6.07, 6.45) is 0. The maximum atomic E-state index is 12.9. The molecule has 2 N–H and O–H groups in total. The van der Waals surface area contributed by atoms with E-state index in [1.807, 2.05) is 0 Å². The van der Waals surface area contributed by atoms with Crippen molar-refractivity contribution < 1.29 is 17.9 Å². The van der Waals surface area contributed by atoms with Gasteiger partial charge in [-0.1, -0.05) is 30.3 Å². The number of hydrogen-bond donors (Lipinski definition) is 2. The minimum absolute atomic E-state index is 0.171. The Balaban J connectivity index is 2.18. The molecule has 1 unspecified atom stereocenters. The van der Waals surface area contributed by atoms with E-state index in [0.717, 1.165) is 0 Å². The Morgan fingerprint density at radius 1 is 1.14 bits per heavy atom. The number of halogens is 1. The Morgan fingerprint density at radius 3 is 2.32 bits per heavy atom. The van der Waals surface area contributed by atoms with Gasteiger partial charge in [-0.25, -0.2) is 17.5 Å². The third kappa shape index (κ3) is 3.71. The molecule has 0 radical (unpaired) electrons. The molecular weight excluding hydrogens is 305 g/mol. The summed E-state index contributed by atoms with van der Waals surface area (Å²) >= 11 is 0. The molecule has 0 saturated carbocycles. The number of aryl methyl sites for hydroxylation is 1. The molecule has 0 saturated heterocycles. The topological polar surface area (TPSA) is 66.4 Å². The Bertz CT molecular complexity index is 755. The lowest BCUT2D eigenvalue weighted by Gasteiger charge is -2.24. The van der Waals surface area contributed by atoms with Gasteiger partial charge < -0.3 is 5.11 Å². The van der Waals surface area contributed by atoms with Gasteiger partial charge in [0.05, 0.1) is 4.90 Å². The normalized spacial score (nSPS) is 14.5. The highest BCUT2D eigenvalue weighted by atomic mass is 32.2. The van der Waals surface area contributed by atoms with Crippen molar-refractivity contribution in [1.29, 1.82) is 0 Å². The van der Waals surface area contributed by atoms with Crippen molar-refractivity contribution in [1.82, 2.24) is 4.72 Å². The highest BCUT2D eigenvalue weighted by Crippen LogP contribution is 2.21. The van der Waals surface area contributed by atoms with Crippen LogP contribution in [0.25, 0.3) is 0 Å². The fourth-order valence-corrected chi connectivity index (χ4v) is 3.46. The Hall–Kier alpha value is -1.76. The van der Waals surface area contributed by atoms with E-state index in [2.05, 4.69) is 4.72 Å². The van der Waals surface area contributed by atoms with Crippen LogP contribution in [-0.2, 0) is 15.6 Å². The summed E-state index contributed by atoms with van der Waals surface area (Å²) in [6, 6.07) is 11.9. The fraction of sp³-hybridized carbons (Fsp3) is 0.250. The van der Waals surface area contributed by atoms with Gasteiger partial charge in [0.1, 0.15) is 11.4 Å². The molecule has 0 aliphatic heterocycles. The van der Waals surface area contributed by atoms with E-state index in [1.54, 1.807) is 25.1 Å². The molecule has 0 aliphatic rings. The second-order valence-corrected chi connectivity index (χ2v) is 7.11. The highest BCUT2D eigenvalue weighted by Gasteiger charge is 2.26. The summed E-state index contributed by atoms with van der Waals surface area (Å²) in [5.74, 6) is -0.417. The second kappa shape index (κ2) is 6.16. The molecular formula is C16H18FNO3S. The van der Waals surface area contributed by atoms with Crippen LogP contribution in [0.15, 0.2) is 53.4 Å². The second-order valence-electron chi connectivity index (χ2n) is 5.37. The largest absolute Gasteiger partial charge is 0.384 e. The Labute approximate surface area is 129 Å². The maximum absolute atomic E-state index is 12.9. The van der Waals surface area contributed by atoms with Gasteiger partial charge in [0.2, 0.25) is 10.0 Å². The monoisotopic (exact) mass is 323 g/mol. The fourth-order valence-electron chi connectivity index (χ4n) is 2.08. The zero-order valence-electron chi connectivity index (χ0n) is 12.4. The van der Waals surface area contributed by atoms with Gasteiger partial charge >= 0.3 is 0 Å². The number of hydrogen-bond acceptors (Lipinski definition) is 3. The number of benzene rings is 2. The van der Waals surface area contributed by atoms with E-state index in [0.29, 0.717) is 11.1 Å². The predicted octanol–water partition coefficient (Wildman–Crippen LogP) is 2.32. The Kier molecular flexibility index (Phi) is 4.65. The molecule has 6 heteroatoms. The highest BCUT2D eigenvalue weighted by molar-refractivity contribution is 7.89. The molecule has 22 heavy (non-hydrogen) atoms. The van der Waals surface area contributed by atoms with Crippen LogP contribution < -0.4 is 4.72 Å². The lowest BCUT2D eigenvalue weighted by molar-refractivity contribution is 0.0627. The van der Waals surface area contributed by atoms with Crippen LogP contribution >= 0.6 is 0 Å². The van der Waals surface area contributed by atoms with Gasteiger partial charge in [-0.2, -0.15) is 0 Å². The molecule has 4 nitrogen and oxygen atoms in total. The first kappa shape index (κ1) is 16.6. The SMILES string of the molecule is Cc1ccccc1S(=O)(=O)NCC(C)(O)c1ccc(F)cc1. The summed E-state index contributed by atoms with van der Waals surface area (Å²) in [7, 11) is -3.72. The first-order valence-electron chi connectivity index (χ1n) is 6.76. The van der Waals surface area contributed by atoms with Gasteiger partial charge in [0.15, 0.2) is 0 Å². The minimum atomic E-state index is -3.72. The zero-order valence-corrected chi connectivity index (χ0v) is 13.2. The summed E-state index contributed by atoms with van der Waals surface area (Å²) in [4.78, 5) is 0.171. The molecule has 2 aromatic rings. The maximum Gasteiger partial charge on any atom is 0.240 e.